The summed E-state index contributed by atoms with van der Waals surface area (Å²) in [6.07, 6.45) is 1.41. The summed E-state index contributed by atoms with van der Waals surface area (Å²) in [6.45, 7) is 1.81. The maximum absolute atomic E-state index is 13.5. The number of nitrogens with one attached hydrogen (secondary N) is 1. The predicted octanol–water partition coefficient (Wildman–Crippen LogP) is 2.09. The van der Waals surface area contributed by atoms with Crippen LogP contribution in [0.4, 0.5) is 10.1 Å². The first-order valence-corrected chi connectivity index (χ1v) is 5.71. The molecule has 0 unspecified atom stereocenters. The molecule has 0 fully saturated rings. The van der Waals surface area contributed by atoms with Gasteiger partial charge in [-0.15, -0.1) is 0 Å². The van der Waals surface area contributed by atoms with Gasteiger partial charge >= 0.3 is 0 Å². The molecule has 98 valence electrons. The molecule has 1 aromatic heterocycles. The van der Waals surface area contributed by atoms with E-state index in [2.05, 4.69) is 5.32 Å². The third kappa shape index (κ3) is 2.88. The molecule has 0 spiro atoms. The minimum atomic E-state index is -0.497. The Labute approximate surface area is 109 Å². The first-order valence-electron chi connectivity index (χ1n) is 5.71. The van der Waals surface area contributed by atoms with E-state index >= 15 is 0 Å². The molecule has 0 bridgehead atoms. The number of aryl methyl sites for hydroxylation is 2. The molecule has 1 amide bonds. The van der Waals surface area contributed by atoms with Crippen LogP contribution in [0, 0.1) is 12.7 Å². The SMILES string of the molecule is Cc1ccc(F)c(NC(=O)c2ccc(=O)n(C)c2)c1. The van der Waals surface area contributed by atoms with Crippen LogP contribution in [0.15, 0.2) is 41.3 Å². The number of carbonyl (C=O) groups is 1. The van der Waals surface area contributed by atoms with Crippen molar-refractivity contribution in [3.05, 3.63) is 63.8 Å². The number of hydrogen-bond acceptors (Lipinski definition) is 2. The summed E-state index contributed by atoms with van der Waals surface area (Å²) >= 11 is 0. The van der Waals surface area contributed by atoms with Gasteiger partial charge in [0, 0.05) is 19.3 Å². The minimum absolute atomic E-state index is 0.124. The number of amides is 1. The van der Waals surface area contributed by atoms with E-state index in [0.29, 0.717) is 5.56 Å². The van der Waals surface area contributed by atoms with E-state index in [1.807, 2.05) is 0 Å². The van der Waals surface area contributed by atoms with Gasteiger partial charge in [0.1, 0.15) is 5.82 Å². The third-order valence-electron chi connectivity index (χ3n) is 2.72. The number of pyridine rings is 1. The second-order valence-electron chi connectivity index (χ2n) is 4.30. The topological polar surface area (TPSA) is 51.1 Å². The molecule has 1 N–H and O–H groups in total. The Morgan fingerprint density at radius 1 is 1.26 bits per heavy atom. The number of anilines is 1. The Morgan fingerprint density at radius 2 is 2.00 bits per heavy atom. The highest BCUT2D eigenvalue weighted by Crippen LogP contribution is 2.16. The lowest BCUT2D eigenvalue weighted by atomic mass is 10.2. The van der Waals surface area contributed by atoms with Gasteiger partial charge < -0.3 is 9.88 Å². The Hall–Kier alpha value is -2.43. The van der Waals surface area contributed by atoms with Gasteiger partial charge in [-0.05, 0) is 30.7 Å². The summed E-state index contributed by atoms with van der Waals surface area (Å²) in [5.74, 6) is -0.955. The van der Waals surface area contributed by atoms with Crippen LogP contribution in [0.25, 0.3) is 0 Å². The molecule has 0 aliphatic rings. The van der Waals surface area contributed by atoms with Crippen molar-refractivity contribution in [1.29, 1.82) is 0 Å². The fourth-order valence-corrected chi connectivity index (χ4v) is 1.66. The summed E-state index contributed by atoms with van der Waals surface area (Å²) in [6, 6.07) is 7.17. The fraction of sp³-hybridized carbons (Fsp3) is 0.143. The van der Waals surface area contributed by atoms with E-state index in [9.17, 15) is 14.0 Å². The fourth-order valence-electron chi connectivity index (χ4n) is 1.66. The van der Waals surface area contributed by atoms with Crippen molar-refractivity contribution in [1.82, 2.24) is 4.57 Å². The van der Waals surface area contributed by atoms with Crippen LogP contribution < -0.4 is 10.9 Å². The number of halogens is 1. The van der Waals surface area contributed by atoms with Crippen LogP contribution in [-0.2, 0) is 7.05 Å². The Balaban J connectivity index is 2.28. The molecule has 0 aliphatic heterocycles. The highest BCUT2D eigenvalue weighted by Gasteiger charge is 2.10. The molecule has 0 saturated heterocycles. The quantitative estimate of drug-likeness (QED) is 0.898. The zero-order valence-corrected chi connectivity index (χ0v) is 10.6. The monoisotopic (exact) mass is 260 g/mol. The summed E-state index contributed by atoms with van der Waals surface area (Å²) in [5, 5.41) is 2.48. The second-order valence-corrected chi connectivity index (χ2v) is 4.30. The number of carbonyl (C=O) groups excluding carboxylic acids is 1. The van der Waals surface area contributed by atoms with Crippen molar-refractivity contribution < 1.29 is 9.18 Å². The Bertz CT molecular complexity index is 692. The number of rotatable bonds is 2. The van der Waals surface area contributed by atoms with Gasteiger partial charge in [0.05, 0.1) is 11.3 Å². The van der Waals surface area contributed by atoms with Gasteiger partial charge in [0.15, 0.2) is 0 Å². The molecular formula is C14H13FN2O2. The van der Waals surface area contributed by atoms with Gasteiger partial charge in [-0.25, -0.2) is 4.39 Å². The Kier molecular flexibility index (Phi) is 3.46. The van der Waals surface area contributed by atoms with Gasteiger partial charge in [-0.1, -0.05) is 6.07 Å². The summed E-state index contributed by atoms with van der Waals surface area (Å²) in [4.78, 5) is 23.2. The van der Waals surface area contributed by atoms with Crippen LogP contribution >= 0.6 is 0 Å². The van der Waals surface area contributed by atoms with Crippen molar-refractivity contribution in [3.8, 4) is 0 Å². The van der Waals surface area contributed by atoms with E-state index in [-0.39, 0.29) is 11.2 Å². The first kappa shape index (κ1) is 13.0. The van der Waals surface area contributed by atoms with Crippen LogP contribution in [0.3, 0.4) is 0 Å². The standard InChI is InChI=1S/C14H13FN2O2/c1-9-3-5-11(15)12(7-9)16-14(19)10-4-6-13(18)17(2)8-10/h3-8H,1-2H3,(H,16,19). The zero-order chi connectivity index (χ0) is 14.0. The summed E-state index contributed by atoms with van der Waals surface area (Å²) in [5.41, 5.74) is 1.05. The molecule has 2 rings (SSSR count). The molecule has 4 nitrogen and oxygen atoms in total. The molecule has 0 atom stereocenters. The minimum Gasteiger partial charge on any atom is -0.319 e. The molecular weight excluding hydrogens is 247 g/mol. The second kappa shape index (κ2) is 5.06. The largest absolute Gasteiger partial charge is 0.319 e. The molecule has 0 saturated carbocycles. The van der Waals surface area contributed by atoms with Crippen molar-refractivity contribution in [2.75, 3.05) is 5.32 Å². The van der Waals surface area contributed by atoms with Gasteiger partial charge in [0.2, 0.25) is 5.56 Å². The van der Waals surface area contributed by atoms with E-state index in [1.54, 1.807) is 26.1 Å². The molecule has 1 aromatic carbocycles. The number of nitrogens with zero attached hydrogens (tertiary/aromatic N) is 1. The van der Waals surface area contributed by atoms with E-state index in [4.69, 9.17) is 0 Å². The maximum Gasteiger partial charge on any atom is 0.257 e. The lowest BCUT2D eigenvalue weighted by molar-refractivity contribution is 0.102. The van der Waals surface area contributed by atoms with Crippen molar-refractivity contribution in [2.24, 2.45) is 7.05 Å². The lowest BCUT2D eigenvalue weighted by Crippen LogP contribution is -2.19. The highest BCUT2D eigenvalue weighted by molar-refractivity contribution is 6.04. The Morgan fingerprint density at radius 3 is 2.68 bits per heavy atom. The van der Waals surface area contributed by atoms with Crippen LogP contribution in [-0.4, -0.2) is 10.5 Å². The van der Waals surface area contributed by atoms with Crippen molar-refractivity contribution in [2.45, 2.75) is 6.92 Å². The maximum atomic E-state index is 13.5. The first-order chi connectivity index (χ1) is 8.97. The number of aromatic nitrogens is 1. The van der Waals surface area contributed by atoms with E-state index < -0.39 is 11.7 Å². The molecule has 0 aliphatic carbocycles. The molecule has 2 aromatic rings. The molecule has 0 radical (unpaired) electrons. The highest BCUT2D eigenvalue weighted by atomic mass is 19.1. The van der Waals surface area contributed by atoms with Gasteiger partial charge in [-0.3, -0.25) is 9.59 Å². The van der Waals surface area contributed by atoms with Crippen LogP contribution in [0.5, 0.6) is 0 Å². The van der Waals surface area contributed by atoms with Crippen LogP contribution in [0.2, 0.25) is 0 Å². The van der Waals surface area contributed by atoms with E-state index in [0.717, 1.165) is 5.56 Å². The zero-order valence-electron chi connectivity index (χ0n) is 10.6. The van der Waals surface area contributed by atoms with Gasteiger partial charge in [-0.2, -0.15) is 0 Å². The number of hydrogen-bond donors (Lipinski definition) is 1. The lowest BCUT2D eigenvalue weighted by Gasteiger charge is -2.08. The van der Waals surface area contributed by atoms with Crippen LogP contribution in [0.1, 0.15) is 15.9 Å². The predicted molar refractivity (Wildman–Crippen MR) is 70.8 cm³/mol. The third-order valence-corrected chi connectivity index (χ3v) is 2.72. The van der Waals surface area contributed by atoms with Crippen molar-refractivity contribution in [3.63, 3.8) is 0 Å². The summed E-state index contributed by atoms with van der Waals surface area (Å²) in [7, 11) is 1.55. The average molecular weight is 260 g/mol. The molecule has 1 heterocycles. The molecule has 5 heteroatoms. The normalized spacial score (nSPS) is 10.3. The number of benzene rings is 1. The smallest absolute Gasteiger partial charge is 0.257 e. The van der Waals surface area contributed by atoms with Gasteiger partial charge in [0.25, 0.3) is 5.91 Å². The van der Waals surface area contributed by atoms with Crippen molar-refractivity contribution >= 4 is 11.6 Å². The average Bonchev–Trinajstić information content (AvgIpc) is 2.37. The van der Waals surface area contributed by atoms with E-state index in [1.165, 1.54) is 29.0 Å². The molecule has 19 heavy (non-hydrogen) atoms. The summed E-state index contributed by atoms with van der Waals surface area (Å²) < 4.78 is 14.8.